The molecule has 0 saturated heterocycles. The van der Waals surface area contributed by atoms with Crippen molar-refractivity contribution in [1.82, 2.24) is 0 Å². The molecule has 0 bridgehead atoms. The van der Waals surface area contributed by atoms with Crippen molar-refractivity contribution in [2.24, 2.45) is 0 Å². The van der Waals surface area contributed by atoms with Crippen LogP contribution in [0.4, 0.5) is 0 Å². The van der Waals surface area contributed by atoms with Gasteiger partial charge in [-0.05, 0) is 42.0 Å². The van der Waals surface area contributed by atoms with Gasteiger partial charge in [-0.1, -0.05) is 66.7 Å². The molecule has 0 fully saturated rings. The first kappa shape index (κ1) is 15.8. The predicted octanol–water partition coefficient (Wildman–Crippen LogP) is 4.74. The van der Waals surface area contributed by atoms with Crippen LogP contribution in [0.5, 0.6) is 0 Å². The first-order chi connectivity index (χ1) is 10.6. The zero-order valence-corrected chi connectivity index (χ0v) is 12.8. The minimum atomic E-state index is -0.910. The molecule has 2 heteroatoms. The van der Waals surface area contributed by atoms with Gasteiger partial charge in [-0.25, -0.2) is 4.79 Å². The van der Waals surface area contributed by atoms with E-state index in [9.17, 15) is 4.79 Å². The standard InChI is InChI=1S/C20H20O2/c1-3-16-13-15(2)9-10-18(16)11-12-19(14-20(21)22)17-7-5-4-6-8-17/h3-10,13-14H,1,11-12H2,2H3,(H,21,22). The van der Waals surface area contributed by atoms with Crippen LogP contribution in [0, 0.1) is 6.92 Å². The lowest BCUT2D eigenvalue weighted by Gasteiger charge is -2.10. The second-order valence-corrected chi connectivity index (χ2v) is 5.28. The fourth-order valence-corrected chi connectivity index (χ4v) is 2.50. The summed E-state index contributed by atoms with van der Waals surface area (Å²) in [6.45, 7) is 5.91. The molecule has 0 aliphatic rings. The zero-order valence-electron chi connectivity index (χ0n) is 12.8. The third-order valence-electron chi connectivity index (χ3n) is 3.63. The maximum atomic E-state index is 11.1. The van der Waals surface area contributed by atoms with Gasteiger partial charge in [0.15, 0.2) is 0 Å². The largest absolute Gasteiger partial charge is 0.478 e. The van der Waals surface area contributed by atoms with E-state index in [1.807, 2.05) is 36.4 Å². The molecule has 22 heavy (non-hydrogen) atoms. The van der Waals surface area contributed by atoms with Crippen LogP contribution < -0.4 is 0 Å². The second-order valence-electron chi connectivity index (χ2n) is 5.28. The molecule has 0 saturated carbocycles. The molecule has 2 nitrogen and oxygen atoms in total. The Morgan fingerprint density at radius 2 is 1.91 bits per heavy atom. The quantitative estimate of drug-likeness (QED) is 0.781. The number of allylic oxidation sites excluding steroid dienone is 1. The molecule has 0 unspecified atom stereocenters. The second kappa shape index (κ2) is 7.41. The summed E-state index contributed by atoms with van der Waals surface area (Å²) in [5, 5.41) is 9.09. The number of carbonyl (C=O) groups is 1. The first-order valence-electron chi connectivity index (χ1n) is 7.31. The van der Waals surface area contributed by atoms with E-state index < -0.39 is 5.97 Å². The van der Waals surface area contributed by atoms with Crippen LogP contribution in [0.25, 0.3) is 11.6 Å². The first-order valence-corrected chi connectivity index (χ1v) is 7.31. The highest BCUT2D eigenvalue weighted by molar-refractivity contribution is 5.90. The lowest BCUT2D eigenvalue weighted by Crippen LogP contribution is -1.97. The summed E-state index contributed by atoms with van der Waals surface area (Å²) >= 11 is 0. The van der Waals surface area contributed by atoms with Crippen molar-refractivity contribution in [3.05, 3.63) is 83.4 Å². The maximum Gasteiger partial charge on any atom is 0.328 e. The normalized spacial score (nSPS) is 11.2. The smallest absolute Gasteiger partial charge is 0.328 e. The summed E-state index contributed by atoms with van der Waals surface area (Å²) in [5.41, 5.74) is 5.29. The molecule has 0 heterocycles. The minimum absolute atomic E-state index is 0.681. The zero-order chi connectivity index (χ0) is 15.9. The van der Waals surface area contributed by atoms with Crippen LogP contribution >= 0.6 is 0 Å². The average molecular weight is 292 g/mol. The topological polar surface area (TPSA) is 37.3 Å². The van der Waals surface area contributed by atoms with Gasteiger partial charge in [-0.15, -0.1) is 0 Å². The van der Waals surface area contributed by atoms with Crippen molar-refractivity contribution >= 4 is 17.6 Å². The molecule has 0 radical (unpaired) electrons. The number of hydrogen-bond donors (Lipinski definition) is 1. The molecule has 0 amide bonds. The highest BCUT2D eigenvalue weighted by Crippen LogP contribution is 2.23. The lowest BCUT2D eigenvalue weighted by molar-refractivity contribution is -0.131. The fourth-order valence-electron chi connectivity index (χ4n) is 2.50. The molecule has 0 aromatic heterocycles. The van der Waals surface area contributed by atoms with Crippen molar-refractivity contribution in [3.8, 4) is 0 Å². The summed E-state index contributed by atoms with van der Waals surface area (Å²) in [4.78, 5) is 11.1. The monoisotopic (exact) mass is 292 g/mol. The van der Waals surface area contributed by atoms with Crippen LogP contribution in [0.3, 0.4) is 0 Å². The summed E-state index contributed by atoms with van der Waals surface area (Å²) in [7, 11) is 0. The van der Waals surface area contributed by atoms with Gasteiger partial charge in [0, 0.05) is 6.08 Å². The molecular formula is C20H20O2. The van der Waals surface area contributed by atoms with Gasteiger partial charge in [0.25, 0.3) is 0 Å². The van der Waals surface area contributed by atoms with Gasteiger partial charge in [-0.2, -0.15) is 0 Å². The van der Waals surface area contributed by atoms with E-state index in [1.54, 1.807) is 0 Å². The highest BCUT2D eigenvalue weighted by atomic mass is 16.4. The molecule has 112 valence electrons. The van der Waals surface area contributed by atoms with Crippen LogP contribution in [0.1, 0.15) is 28.7 Å². The van der Waals surface area contributed by atoms with Crippen molar-refractivity contribution in [2.75, 3.05) is 0 Å². The average Bonchev–Trinajstić information content (AvgIpc) is 2.52. The minimum Gasteiger partial charge on any atom is -0.478 e. The van der Waals surface area contributed by atoms with E-state index in [4.69, 9.17) is 5.11 Å². The maximum absolute atomic E-state index is 11.1. The van der Waals surface area contributed by atoms with Gasteiger partial charge >= 0.3 is 5.97 Å². The fraction of sp³-hybridized carbons (Fsp3) is 0.150. The number of rotatable bonds is 6. The molecule has 2 rings (SSSR count). The van der Waals surface area contributed by atoms with Crippen molar-refractivity contribution in [3.63, 3.8) is 0 Å². The number of carboxylic acid groups (broad SMARTS) is 1. The summed E-state index contributed by atoms with van der Waals surface area (Å²) in [6.07, 6.45) is 4.62. The summed E-state index contributed by atoms with van der Waals surface area (Å²) in [6, 6.07) is 15.9. The Morgan fingerprint density at radius 3 is 2.55 bits per heavy atom. The SMILES string of the molecule is C=Cc1cc(C)ccc1CCC(=CC(=O)O)c1ccccc1. The highest BCUT2D eigenvalue weighted by Gasteiger charge is 2.07. The number of hydrogen-bond acceptors (Lipinski definition) is 1. The van der Waals surface area contributed by atoms with Gasteiger partial charge in [-0.3, -0.25) is 0 Å². The van der Waals surface area contributed by atoms with Crippen LogP contribution in [0.15, 0.2) is 61.2 Å². The molecule has 2 aromatic carbocycles. The number of benzene rings is 2. The molecule has 0 aliphatic carbocycles. The number of aryl methyl sites for hydroxylation is 2. The van der Waals surface area contributed by atoms with Crippen LogP contribution in [-0.4, -0.2) is 11.1 Å². The van der Waals surface area contributed by atoms with Crippen LogP contribution in [0.2, 0.25) is 0 Å². The molecule has 1 N–H and O–H groups in total. The van der Waals surface area contributed by atoms with E-state index in [1.165, 1.54) is 17.2 Å². The number of aliphatic carboxylic acids is 1. The third-order valence-corrected chi connectivity index (χ3v) is 3.63. The third kappa shape index (κ3) is 4.19. The van der Waals surface area contributed by atoms with Crippen LogP contribution in [-0.2, 0) is 11.2 Å². The van der Waals surface area contributed by atoms with Gasteiger partial charge < -0.3 is 5.11 Å². The summed E-state index contributed by atoms with van der Waals surface area (Å²) in [5.74, 6) is -0.910. The molecule has 0 aliphatic heterocycles. The summed E-state index contributed by atoms with van der Waals surface area (Å²) < 4.78 is 0. The Labute approximate surface area is 131 Å². The Kier molecular flexibility index (Phi) is 5.31. The lowest BCUT2D eigenvalue weighted by atomic mass is 9.95. The van der Waals surface area contributed by atoms with Gasteiger partial charge in [0.1, 0.15) is 0 Å². The van der Waals surface area contributed by atoms with E-state index in [0.717, 1.165) is 23.1 Å². The van der Waals surface area contributed by atoms with Gasteiger partial charge in [0.05, 0.1) is 0 Å². The molecule has 0 atom stereocenters. The van der Waals surface area contributed by atoms with E-state index >= 15 is 0 Å². The Balaban J connectivity index is 2.23. The molecule has 2 aromatic rings. The Morgan fingerprint density at radius 1 is 1.18 bits per heavy atom. The predicted molar refractivity (Wildman–Crippen MR) is 91.6 cm³/mol. The van der Waals surface area contributed by atoms with E-state index in [0.29, 0.717) is 6.42 Å². The van der Waals surface area contributed by atoms with Gasteiger partial charge in [0.2, 0.25) is 0 Å². The Bertz CT molecular complexity index is 697. The Hall–Kier alpha value is -2.61. The number of carboxylic acids is 1. The van der Waals surface area contributed by atoms with Crippen molar-refractivity contribution < 1.29 is 9.90 Å². The van der Waals surface area contributed by atoms with Crippen molar-refractivity contribution in [2.45, 2.75) is 19.8 Å². The van der Waals surface area contributed by atoms with E-state index in [-0.39, 0.29) is 0 Å². The van der Waals surface area contributed by atoms with Crippen molar-refractivity contribution in [1.29, 1.82) is 0 Å². The molecule has 0 spiro atoms. The molecular weight excluding hydrogens is 272 g/mol. The van der Waals surface area contributed by atoms with E-state index in [2.05, 4.69) is 31.7 Å².